The minimum absolute atomic E-state index is 0.296. The van der Waals surface area contributed by atoms with Crippen molar-refractivity contribution in [2.24, 2.45) is 5.92 Å². The molecule has 0 aliphatic heterocycles. The van der Waals surface area contributed by atoms with E-state index in [0.29, 0.717) is 30.0 Å². The fourth-order valence-electron chi connectivity index (χ4n) is 2.43. The fraction of sp³-hybridized carbons (Fsp3) is 1.00. The molecule has 4 heteroatoms. The molecule has 1 rings (SSSR count). The van der Waals surface area contributed by atoms with E-state index >= 15 is 0 Å². The average Bonchev–Trinajstić information content (AvgIpc) is 2.20. The minimum Gasteiger partial charge on any atom is -0.313 e. The third-order valence-corrected chi connectivity index (χ3v) is 5.30. The Balaban J connectivity index is 2.24. The predicted molar refractivity (Wildman–Crippen MR) is 68.4 cm³/mol. The van der Waals surface area contributed by atoms with Crippen molar-refractivity contribution >= 4 is 9.84 Å². The Labute approximate surface area is 99.9 Å². The molecular weight excluding hydrogens is 222 g/mol. The lowest BCUT2D eigenvalue weighted by atomic mass is 9.86. The van der Waals surface area contributed by atoms with Crippen molar-refractivity contribution < 1.29 is 8.42 Å². The highest BCUT2D eigenvalue weighted by Gasteiger charge is 2.21. The van der Waals surface area contributed by atoms with E-state index in [1.807, 2.05) is 6.92 Å². The Morgan fingerprint density at radius 2 is 1.88 bits per heavy atom. The first-order valence-electron chi connectivity index (χ1n) is 6.49. The van der Waals surface area contributed by atoms with Gasteiger partial charge in [0.15, 0.2) is 9.84 Å². The second kappa shape index (κ2) is 6.60. The van der Waals surface area contributed by atoms with Gasteiger partial charge in [-0.1, -0.05) is 26.7 Å². The van der Waals surface area contributed by atoms with Crippen LogP contribution in [0.15, 0.2) is 0 Å². The number of hydrogen-bond acceptors (Lipinski definition) is 3. The SMILES string of the molecule is CCCS(=O)(=O)CCNC1CCCCC1C. The molecule has 96 valence electrons. The van der Waals surface area contributed by atoms with E-state index < -0.39 is 9.84 Å². The molecule has 1 aliphatic rings. The summed E-state index contributed by atoms with van der Waals surface area (Å²) < 4.78 is 23.0. The number of sulfone groups is 1. The molecule has 1 fully saturated rings. The lowest BCUT2D eigenvalue weighted by molar-refractivity contribution is 0.285. The van der Waals surface area contributed by atoms with Crippen molar-refractivity contribution in [3.8, 4) is 0 Å². The van der Waals surface area contributed by atoms with Crippen molar-refractivity contribution in [3.63, 3.8) is 0 Å². The predicted octanol–water partition coefficient (Wildman–Crippen LogP) is 1.98. The molecule has 0 radical (unpaired) electrons. The van der Waals surface area contributed by atoms with E-state index in [1.54, 1.807) is 0 Å². The second-order valence-electron chi connectivity index (χ2n) is 4.97. The molecule has 0 aromatic rings. The quantitative estimate of drug-likeness (QED) is 0.780. The van der Waals surface area contributed by atoms with Crippen molar-refractivity contribution in [1.82, 2.24) is 5.32 Å². The summed E-state index contributed by atoms with van der Waals surface area (Å²) in [4.78, 5) is 0. The van der Waals surface area contributed by atoms with Gasteiger partial charge in [-0.2, -0.15) is 0 Å². The number of hydrogen-bond donors (Lipinski definition) is 1. The zero-order valence-electron chi connectivity index (χ0n) is 10.5. The summed E-state index contributed by atoms with van der Waals surface area (Å²) >= 11 is 0. The molecule has 0 heterocycles. The fourth-order valence-corrected chi connectivity index (χ4v) is 3.69. The largest absolute Gasteiger partial charge is 0.313 e. The highest BCUT2D eigenvalue weighted by molar-refractivity contribution is 7.91. The van der Waals surface area contributed by atoms with Crippen LogP contribution in [0.4, 0.5) is 0 Å². The maximum Gasteiger partial charge on any atom is 0.151 e. The molecule has 0 amide bonds. The molecule has 1 N–H and O–H groups in total. The molecule has 2 unspecified atom stereocenters. The summed E-state index contributed by atoms with van der Waals surface area (Å²) in [6.07, 6.45) is 5.81. The van der Waals surface area contributed by atoms with Gasteiger partial charge in [0.1, 0.15) is 0 Å². The molecule has 3 nitrogen and oxygen atoms in total. The Morgan fingerprint density at radius 1 is 1.19 bits per heavy atom. The van der Waals surface area contributed by atoms with E-state index in [4.69, 9.17) is 0 Å². The van der Waals surface area contributed by atoms with Crippen LogP contribution in [0.1, 0.15) is 46.0 Å². The molecule has 2 atom stereocenters. The number of rotatable bonds is 6. The van der Waals surface area contributed by atoms with Crippen LogP contribution in [0.3, 0.4) is 0 Å². The molecule has 1 aliphatic carbocycles. The van der Waals surface area contributed by atoms with E-state index in [-0.39, 0.29) is 0 Å². The van der Waals surface area contributed by atoms with Crippen LogP contribution in [0.5, 0.6) is 0 Å². The minimum atomic E-state index is -2.81. The zero-order valence-corrected chi connectivity index (χ0v) is 11.4. The van der Waals surface area contributed by atoms with Crippen LogP contribution in [0.25, 0.3) is 0 Å². The van der Waals surface area contributed by atoms with Crippen LogP contribution < -0.4 is 5.32 Å². The summed E-state index contributed by atoms with van der Waals surface area (Å²) in [7, 11) is -2.81. The van der Waals surface area contributed by atoms with Gasteiger partial charge in [0.2, 0.25) is 0 Å². The Morgan fingerprint density at radius 3 is 2.50 bits per heavy atom. The summed E-state index contributed by atoms with van der Waals surface area (Å²) in [6, 6.07) is 0.533. The molecule has 0 bridgehead atoms. The highest BCUT2D eigenvalue weighted by Crippen LogP contribution is 2.23. The van der Waals surface area contributed by atoms with Crippen molar-refractivity contribution in [2.75, 3.05) is 18.1 Å². The van der Waals surface area contributed by atoms with E-state index in [1.165, 1.54) is 25.7 Å². The van der Waals surface area contributed by atoms with E-state index in [0.717, 1.165) is 6.42 Å². The van der Waals surface area contributed by atoms with Crippen molar-refractivity contribution in [3.05, 3.63) is 0 Å². The molecule has 0 aromatic heterocycles. The summed E-state index contributed by atoms with van der Waals surface area (Å²) in [5.74, 6) is 1.32. The Bertz CT molecular complexity index is 287. The van der Waals surface area contributed by atoms with Gasteiger partial charge in [-0.05, 0) is 25.2 Å². The van der Waals surface area contributed by atoms with Gasteiger partial charge in [-0.3, -0.25) is 0 Å². The van der Waals surface area contributed by atoms with Crippen molar-refractivity contribution in [2.45, 2.75) is 52.0 Å². The van der Waals surface area contributed by atoms with E-state index in [2.05, 4.69) is 12.2 Å². The van der Waals surface area contributed by atoms with E-state index in [9.17, 15) is 8.42 Å². The normalized spacial score (nSPS) is 26.9. The number of nitrogens with one attached hydrogen (secondary N) is 1. The molecule has 0 spiro atoms. The average molecular weight is 247 g/mol. The summed E-state index contributed by atoms with van der Waals surface area (Å²) in [5, 5.41) is 3.41. The lowest BCUT2D eigenvalue weighted by Gasteiger charge is -2.29. The first-order chi connectivity index (χ1) is 7.55. The lowest BCUT2D eigenvalue weighted by Crippen LogP contribution is -2.39. The molecule has 16 heavy (non-hydrogen) atoms. The van der Waals surface area contributed by atoms with Crippen LogP contribution in [0.2, 0.25) is 0 Å². The first-order valence-corrected chi connectivity index (χ1v) is 8.31. The van der Waals surface area contributed by atoms with Gasteiger partial charge in [0.25, 0.3) is 0 Å². The molecule has 0 saturated heterocycles. The van der Waals surface area contributed by atoms with Gasteiger partial charge in [-0.15, -0.1) is 0 Å². The third kappa shape index (κ3) is 4.83. The van der Waals surface area contributed by atoms with Crippen molar-refractivity contribution in [1.29, 1.82) is 0 Å². The molecule has 0 aromatic carbocycles. The zero-order chi connectivity index (χ0) is 12.0. The first kappa shape index (κ1) is 14.0. The monoisotopic (exact) mass is 247 g/mol. The van der Waals surface area contributed by atoms with Gasteiger partial charge in [0.05, 0.1) is 5.75 Å². The second-order valence-corrected chi connectivity index (χ2v) is 7.28. The van der Waals surface area contributed by atoms with Crippen LogP contribution >= 0.6 is 0 Å². The summed E-state index contributed by atoms with van der Waals surface area (Å²) in [5.41, 5.74) is 0. The van der Waals surface area contributed by atoms with Gasteiger partial charge >= 0.3 is 0 Å². The van der Waals surface area contributed by atoms with Gasteiger partial charge in [0, 0.05) is 18.3 Å². The molecule has 1 saturated carbocycles. The smallest absolute Gasteiger partial charge is 0.151 e. The van der Waals surface area contributed by atoms with Gasteiger partial charge in [-0.25, -0.2) is 8.42 Å². The van der Waals surface area contributed by atoms with Crippen LogP contribution in [0, 0.1) is 5.92 Å². The molecular formula is C12H25NO2S. The topological polar surface area (TPSA) is 46.2 Å². The van der Waals surface area contributed by atoms with Crippen LogP contribution in [-0.4, -0.2) is 32.5 Å². The van der Waals surface area contributed by atoms with Gasteiger partial charge < -0.3 is 5.32 Å². The summed E-state index contributed by atoms with van der Waals surface area (Å²) in [6.45, 7) is 4.79. The maximum absolute atomic E-state index is 11.5. The third-order valence-electron chi connectivity index (χ3n) is 3.45. The Kier molecular flexibility index (Phi) is 5.76. The highest BCUT2D eigenvalue weighted by atomic mass is 32.2. The maximum atomic E-state index is 11.5. The standard InChI is InChI=1S/C12H25NO2S/c1-3-9-16(14,15)10-8-13-12-7-5-4-6-11(12)2/h11-13H,3-10H2,1-2H3. The van der Waals surface area contributed by atoms with Crippen LogP contribution in [-0.2, 0) is 9.84 Å². The Hall–Kier alpha value is -0.0900.